The number of piperidine rings is 2. The molecule has 10 heteroatoms. The number of carbonyl (C=O) groups excluding carboxylic acids is 1. The predicted molar refractivity (Wildman–Crippen MR) is 131 cm³/mol. The number of anilines is 1. The molecule has 2 bridgehead atoms. The first-order chi connectivity index (χ1) is 15.9. The second kappa shape index (κ2) is 8.63. The van der Waals surface area contributed by atoms with Gasteiger partial charge in [0.2, 0.25) is 5.95 Å². The summed E-state index contributed by atoms with van der Waals surface area (Å²) >= 11 is 0. The van der Waals surface area contributed by atoms with Crippen molar-refractivity contribution in [2.45, 2.75) is 78.1 Å². The van der Waals surface area contributed by atoms with Crippen LogP contribution in [-0.2, 0) is 25.4 Å². The minimum Gasteiger partial charge on any atom is -0.444 e. The Hall–Kier alpha value is -3.04. The summed E-state index contributed by atoms with van der Waals surface area (Å²) < 4.78 is 9.97. The van der Waals surface area contributed by atoms with E-state index >= 15 is 0 Å². The highest BCUT2D eigenvalue weighted by molar-refractivity contribution is 5.75. The van der Waals surface area contributed by atoms with Crippen LogP contribution in [0.4, 0.5) is 10.7 Å². The number of aryl methyl sites for hydroxylation is 1. The molecule has 186 valence electrons. The molecule has 0 aromatic carbocycles. The zero-order valence-electron chi connectivity index (χ0n) is 21.2. The van der Waals surface area contributed by atoms with E-state index in [4.69, 9.17) is 9.72 Å². The first kappa shape index (κ1) is 24.1. The van der Waals surface area contributed by atoms with E-state index in [0.717, 1.165) is 35.9 Å². The maximum Gasteiger partial charge on any atom is 0.407 e. The summed E-state index contributed by atoms with van der Waals surface area (Å²) in [5, 5.41) is 3.08. The lowest BCUT2D eigenvalue weighted by Gasteiger charge is -2.50. The molecule has 3 atom stereocenters. The summed E-state index contributed by atoms with van der Waals surface area (Å²) in [5.41, 5.74) is 0.587. The Morgan fingerprint density at radius 2 is 1.88 bits per heavy atom. The number of ether oxygens (including phenoxy) is 1. The number of hydrogen-bond acceptors (Lipinski definition) is 6. The minimum absolute atomic E-state index is 0.0284. The van der Waals surface area contributed by atoms with Crippen LogP contribution in [0.5, 0.6) is 0 Å². The zero-order chi connectivity index (χ0) is 24.9. The minimum atomic E-state index is -0.569. The van der Waals surface area contributed by atoms with Gasteiger partial charge in [-0.3, -0.25) is 13.9 Å². The van der Waals surface area contributed by atoms with Crippen LogP contribution in [-0.4, -0.2) is 49.0 Å². The molecule has 2 aromatic rings. The van der Waals surface area contributed by atoms with Gasteiger partial charge in [0.1, 0.15) is 5.60 Å². The van der Waals surface area contributed by atoms with Gasteiger partial charge >= 0.3 is 11.8 Å². The first-order valence-electron chi connectivity index (χ1n) is 11.9. The molecule has 1 amide bonds. The summed E-state index contributed by atoms with van der Waals surface area (Å²) in [6.07, 6.45) is 4.51. The van der Waals surface area contributed by atoms with Crippen molar-refractivity contribution >= 4 is 23.2 Å². The molecule has 2 aliphatic heterocycles. The van der Waals surface area contributed by atoms with Gasteiger partial charge in [-0.1, -0.05) is 11.6 Å². The van der Waals surface area contributed by atoms with Gasteiger partial charge in [-0.05, 0) is 59.8 Å². The van der Waals surface area contributed by atoms with Crippen LogP contribution in [0, 0.1) is 5.92 Å². The number of imidazole rings is 1. The standard InChI is InChI=1S/C24H36N6O4/c1-14(2)10-11-29-18-19(27(6)23(33)28(7)20(18)31)26-21(29)30-13-15-8-9-17(30)16(12-15)25-22(32)34-24(3,4)5/h10,15-17H,8-9,11-13H2,1-7H3,(H,25,32). The Labute approximate surface area is 199 Å². The number of rotatable bonds is 4. The van der Waals surface area contributed by atoms with Crippen molar-refractivity contribution in [3.8, 4) is 0 Å². The van der Waals surface area contributed by atoms with E-state index in [1.807, 2.05) is 45.3 Å². The van der Waals surface area contributed by atoms with Gasteiger partial charge in [0.15, 0.2) is 11.2 Å². The quantitative estimate of drug-likeness (QED) is 0.685. The lowest BCUT2D eigenvalue weighted by molar-refractivity contribution is 0.0457. The Morgan fingerprint density at radius 3 is 2.50 bits per heavy atom. The van der Waals surface area contributed by atoms with E-state index in [1.54, 1.807) is 7.05 Å². The van der Waals surface area contributed by atoms with Gasteiger partial charge in [0.05, 0.1) is 12.1 Å². The zero-order valence-corrected chi connectivity index (χ0v) is 21.2. The number of allylic oxidation sites excluding steroid dienone is 2. The summed E-state index contributed by atoms with van der Waals surface area (Å²) in [7, 11) is 3.13. The molecule has 0 radical (unpaired) electrons. The molecule has 1 aliphatic carbocycles. The van der Waals surface area contributed by atoms with Crippen LogP contribution >= 0.6 is 0 Å². The van der Waals surface area contributed by atoms with Crippen molar-refractivity contribution < 1.29 is 9.53 Å². The maximum absolute atomic E-state index is 13.1. The van der Waals surface area contributed by atoms with Crippen LogP contribution < -0.4 is 21.5 Å². The van der Waals surface area contributed by atoms with Crippen molar-refractivity contribution in [3.05, 3.63) is 32.5 Å². The molecule has 2 saturated heterocycles. The number of nitrogens with one attached hydrogen (secondary N) is 1. The molecular formula is C24H36N6O4. The van der Waals surface area contributed by atoms with Gasteiger partial charge in [-0.15, -0.1) is 0 Å². The van der Waals surface area contributed by atoms with Crippen LogP contribution in [0.2, 0.25) is 0 Å². The van der Waals surface area contributed by atoms with E-state index in [-0.39, 0.29) is 17.6 Å². The predicted octanol–water partition coefficient (Wildman–Crippen LogP) is 2.28. The van der Waals surface area contributed by atoms with Crippen molar-refractivity contribution in [1.29, 1.82) is 0 Å². The van der Waals surface area contributed by atoms with E-state index in [1.165, 1.54) is 11.6 Å². The van der Waals surface area contributed by atoms with Crippen molar-refractivity contribution in [2.24, 2.45) is 20.0 Å². The van der Waals surface area contributed by atoms with E-state index in [9.17, 15) is 14.4 Å². The molecule has 1 N–H and O–H groups in total. The molecule has 5 rings (SSSR count). The molecule has 10 nitrogen and oxygen atoms in total. The third-order valence-electron chi connectivity index (χ3n) is 6.75. The van der Waals surface area contributed by atoms with Crippen LogP contribution in [0.3, 0.4) is 0 Å². The molecule has 3 aliphatic rings. The van der Waals surface area contributed by atoms with Crippen molar-refractivity contribution in [3.63, 3.8) is 0 Å². The molecule has 3 unspecified atom stereocenters. The van der Waals surface area contributed by atoms with Crippen molar-refractivity contribution in [1.82, 2.24) is 24.0 Å². The topological polar surface area (TPSA) is 103 Å². The fraction of sp³-hybridized carbons (Fsp3) is 0.667. The molecular weight excluding hydrogens is 436 g/mol. The Kier molecular flexibility index (Phi) is 6.12. The first-order valence-corrected chi connectivity index (χ1v) is 11.9. The van der Waals surface area contributed by atoms with Crippen molar-refractivity contribution in [2.75, 3.05) is 11.4 Å². The highest BCUT2D eigenvalue weighted by atomic mass is 16.6. The summed E-state index contributed by atoms with van der Waals surface area (Å²) in [5.74, 6) is 1.06. The second-order valence-corrected chi connectivity index (χ2v) is 10.8. The number of fused-ring (bicyclic) bond motifs is 4. The summed E-state index contributed by atoms with van der Waals surface area (Å²) in [6.45, 7) is 10.8. The maximum atomic E-state index is 13.1. The highest BCUT2D eigenvalue weighted by Crippen LogP contribution is 2.38. The van der Waals surface area contributed by atoms with Crippen LogP contribution in [0.15, 0.2) is 21.2 Å². The molecule has 4 heterocycles. The number of alkyl carbamates (subject to hydrolysis) is 1. The smallest absolute Gasteiger partial charge is 0.407 e. The molecule has 2 aromatic heterocycles. The van der Waals surface area contributed by atoms with Gasteiger partial charge in [0, 0.05) is 27.2 Å². The van der Waals surface area contributed by atoms with E-state index in [0.29, 0.717) is 29.6 Å². The molecule has 0 spiro atoms. The van der Waals surface area contributed by atoms with Gasteiger partial charge < -0.3 is 19.5 Å². The van der Waals surface area contributed by atoms with Crippen LogP contribution in [0.1, 0.15) is 53.9 Å². The lowest BCUT2D eigenvalue weighted by Crippen LogP contribution is -2.62. The average molecular weight is 473 g/mol. The number of nitrogens with zero attached hydrogens (tertiary/aromatic N) is 5. The lowest BCUT2D eigenvalue weighted by atomic mass is 9.76. The largest absolute Gasteiger partial charge is 0.444 e. The van der Waals surface area contributed by atoms with Crippen LogP contribution in [0.25, 0.3) is 11.2 Å². The number of carbonyl (C=O) groups is 1. The monoisotopic (exact) mass is 472 g/mol. The number of hydrogen-bond donors (Lipinski definition) is 1. The van der Waals surface area contributed by atoms with E-state index < -0.39 is 17.4 Å². The Morgan fingerprint density at radius 1 is 1.18 bits per heavy atom. The highest BCUT2D eigenvalue weighted by Gasteiger charge is 2.44. The second-order valence-electron chi connectivity index (χ2n) is 10.8. The van der Waals surface area contributed by atoms with Gasteiger partial charge in [0.25, 0.3) is 5.56 Å². The summed E-state index contributed by atoms with van der Waals surface area (Å²) in [4.78, 5) is 45.3. The number of amides is 1. The normalized spacial score (nSPS) is 22.2. The average Bonchev–Trinajstić information content (AvgIpc) is 3.13. The van der Waals surface area contributed by atoms with E-state index in [2.05, 4.69) is 10.2 Å². The number of aromatic nitrogens is 4. The fourth-order valence-corrected chi connectivity index (χ4v) is 5.14. The van der Waals surface area contributed by atoms with Gasteiger partial charge in [-0.25, -0.2) is 9.59 Å². The third-order valence-corrected chi connectivity index (χ3v) is 6.75. The fourth-order valence-electron chi connectivity index (χ4n) is 5.14. The summed E-state index contributed by atoms with van der Waals surface area (Å²) in [6, 6.07) is -0.0496. The molecule has 3 fully saturated rings. The molecule has 1 saturated carbocycles. The SMILES string of the molecule is CC(C)=CCn1c(N2CC3CCC2C(NC(=O)OC(C)(C)C)C3)nc2c1c(=O)n(C)c(=O)n2C. The molecule has 34 heavy (non-hydrogen) atoms. The Bertz CT molecular complexity index is 1260. The Balaban J connectivity index is 1.78. The third kappa shape index (κ3) is 4.37. The van der Waals surface area contributed by atoms with Gasteiger partial charge in [-0.2, -0.15) is 4.98 Å².